The molecule has 0 heterocycles. The van der Waals surface area contributed by atoms with Crippen molar-refractivity contribution in [3.05, 3.63) is 33.9 Å². The van der Waals surface area contributed by atoms with E-state index in [0.717, 1.165) is 50.5 Å². The minimum absolute atomic E-state index is 0.0625. The van der Waals surface area contributed by atoms with E-state index in [0.29, 0.717) is 6.42 Å². The lowest BCUT2D eigenvalue weighted by Crippen LogP contribution is -2.40. The van der Waals surface area contributed by atoms with Crippen molar-refractivity contribution in [2.24, 2.45) is 17.8 Å². The highest BCUT2D eigenvalue weighted by Crippen LogP contribution is 2.48. The predicted molar refractivity (Wildman–Crippen MR) is 104 cm³/mol. The first-order valence-electron chi connectivity index (χ1n) is 10.7. The van der Waals surface area contributed by atoms with Crippen molar-refractivity contribution in [2.75, 3.05) is 0 Å². The summed E-state index contributed by atoms with van der Waals surface area (Å²) in [5, 5.41) is 31.5. The molecule has 0 radical (unpaired) electrons. The van der Waals surface area contributed by atoms with E-state index in [-0.39, 0.29) is 29.4 Å². The van der Waals surface area contributed by atoms with Crippen LogP contribution < -0.4 is 0 Å². The number of carbonyl (C=O) groups is 1. The minimum Gasteiger partial charge on any atom is -0.478 e. The molecule has 148 valence electrons. The van der Waals surface area contributed by atoms with E-state index < -0.39 is 12.1 Å². The Morgan fingerprint density at radius 2 is 1.67 bits per heavy atom. The Balaban J connectivity index is 1.68. The average Bonchev–Trinajstić information content (AvgIpc) is 2.66. The van der Waals surface area contributed by atoms with Gasteiger partial charge in [-0.25, -0.2) is 4.79 Å². The van der Waals surface area contributed by atoms with Gasteiger partial charge in [-0.05, 0) is 81.8 Å². The van der Waals surface area contributed by atoms with E-state index in [9.17, 15) is 20.1 Å². The second-order valence-corrected chi connectivity index (χ2v) is 9.06. The van der Waals surface area contributed by atoms with Gasteiger partial charge in [-0.3, -0.25) is 0 Å². The molecule has 4 aliphatic carbocycles. The van der Waals surface area contributed by atoms with Gasteiger partial charge in [0.25, 0.3) is 0 Å². The van der Waals surface area contributed by atoms with Crippen LogP contribution in [0.4, 0.5) is 0 Å². The van der Waals surface area contributed by atoms with Crippen molar-refractivity contribution in [1.82, 2.24) is 0 Å². The van der Waals surface area contributed by atoms with E-state index in [1.165, 1.54) is 29.6 Å². The van der Waals surface area contributed by atoms with Crippen molar-refractivity contribution in [2.45, 2.75) is 83.3 Å². The van der Waals surface area contributed by atoms with Crippen LogP contribution in [0.1, 0.15) is 71.1 Å². The van der Waals surface area contributed by atoms with Gasteiger partial charge in [0.1, 0.15) is 0 Å². The molecule has 0 aromatic carbocycles. The zero-order chi connectivity index (χ0) is 19.1. The van der Waals surface area contributed by atoms with Crippen molar-refractivity contribution in [1.29, 1.82) is 0 Å². The van der Waals surface area contributed by atoms with E-state index in [2.05, 4.69) is 6.92 Å². The van der Waals surface area contributed by atoms with Gasteiger partial charge in [0.15, 0.2) is 0 Å². The number of aliphatic carboxylic acids is 1. The maximum absolute atomic E-state index is 11.7. The molecule has 5 atom stereocenters. The smallest absolute Gasteiger partial charge is 0.334 e. The highest BCUT2D eigenvalue weighted by atomic mass is 16.4. The summed E-state index contributed by atoms with van der Waals surface area (Å²) < 4.78 is 0. The van der Waals surface area contributed by atoms with Crippen LogP contribution in [0.15, 0.2) is 33.9 Å². The van der Waals surface area contributed by atoms with E-state index in [1.807, 2.05) is 0 Å². The molecule has 0 amide bonds. The van der Waals surface area contributed by atoms with Crippen LogP contribution in [0.3, 0.4) is 0 Å². The Bertz CT molecular complexity index is 714. The molecule has 4 aliphatic rings. The fourth-order valence-electron chi connectivity index (χ4n) is 6.02. The summed E-state index contributed by atoms with van der Waals surface area (Å²) in [6.45, 7) is 2.13. The van der Waals surface area contributed by atoms with Crippen LogP contribution >= 0.6 is 0 Å². The lowest BCUT2D eigenvalue weighted by Gasteiger charge is -2.43. The highest BCUT2D eigenvalue weighted by molar-refractivity contribution is 5.89. The number of aliphatic hydroxyl groups excluding tert-OH is 2. The molecule has 0 fully saturated rings. The molecule has 4 rings (SSSR count). The summed E-state index contributed by atoms with van der Waals surface area (Å²) in [6, 6.07) is 0. The van der Waals surface area contributed by atoms with Crippen molar-refractivity contribution in [3.8, 4) is 0 Å². The summed E-state index contributed by atoms with van der Waals surface area (Å²) in [5.41, 5.74) is 5.47. The van der Waals surface area contributed by atoms with Crippen molar-refractivity contribution < 1.29 is 20.1 Å². The molecular formula is C23H32O4. The number of rotatable bonds is 3. The van der Waals surface area contributed by atoms with E-state index in [1.54, 1.807) is 6.08 Å². The van der Waals surface area contributed by atoms with Crippen LogP contribution in [-0.4, -0.2) is 33.5 Å². The van der Waals surface area contributed by atoms with Gasteiger partial charge in [-0.1, -0.05) is 23.6 Å². The number of hydrogen-bond donors (Lipinski definition) is 3. The van der Waals surface area contributed by atoms with Crippen molar-refractivity contribution in [3.63, 3.8) is 0 Å². The maximum atomic E-state index is 11.7. The molecule has 4 nitrogen and oxygen atoms in total. The SMILES string of the molecule is CC1CC2=C(CCCC2)C(CC2C3=C(C=C(C(=O)O)C2O)CCCC3)C1O. The number of hydrogen-bond acceptors (Lipinski definition) is 3. The second kappa shape index (κ2) is 7.56. The second-order valence-electron chi connectivity index (χ2n) is 9.06. The Kier molecular flexibility index (Phi) is 5.30. The lowest BCUT2D eigenvalue weighted by molar-refractivity contribution is -0.134. The fourth-order valence-corrected chi connectivity index (χ4v) is 6.02. The molecule has 0 aromatic heterocycles. The quantitative estimate of drug-likeness (QED) is 0.651. The fraction of sp³-hybridized carbons (Fsp3) is 0.696. The first kappa shape index (κ1) is 18.9. The Morgan fingerprint density at radius 3 is 2.41 bits per heavy atom. The van der Waals surface area contributed by atoms with Gasteiger partial charge >= 0.3 is 5.97 Å². The third-order valence-corrected chi connectivity index (χ3v) is 7.43. The molecule has 0 bridgehead atoms. The van der Waals surface area contributed by atoms with Gasteiger partial charge in [0.2, 0.25) is 0 Å². The van der Waals surface area contributed by atoms with Gasteiger partial charge in [0, 0.05) is 11.8 Å². The molecular weight excluding hydrogens is 340 g/mol. The predicted octanol–water partition coefficient (Wildman–Crippen LogP) is 4.14. The third-order valence-electron chi connectivity index (χ3n) is 7.43. The summed E-state index contributed by atoms with van der Waals surface area (Å²) in [6.07, 6.45) is 10.7. The molecule has 0 saturated heterocycles. The molecule has 3 N–H and O–H groups in total. The standard InChI is InChI=1S/C23H32O4/c1-13-10-14-6-2-4-8-16(14)18(21(13)24)12-19-17-9-5-3-7-15(17)11-20(22(19)25)23(26)27/h11,13,18-19,21-22,24-25H,2-10,12H2,1H3,(H,26,27). The summed E-state index contributed by atoms with van der Waals surface area (Å²) in [4.78, 5) is 11.7. The maximum Gasteiger partial charge on any atom is 0.334 e. The summed E-state index contributed by atoms with van der Waals surface area (Å²) >= 11 is 0. The topological polar surface area (TPSA) is 77.8 Å². The minimum atomic E-state index is -1.01. The normalized spacial score (nSPS) is 36.9. The molecule has 5 unspecified atom stereocenters. The van der Waals surface area contributed by atoms with Crippen LogP contribution in [0.25, 0.3) is 0 Å². The van der Waals surface area contributed by atoms with Crippen molar-refractivity contribution >= 4 is 5.97 Å². The highest BCUT2D eigenvalue weighted by Gasteiger charge is 2.42. The van der Waals surface area contributed by atoms with Gasteiger partial charge in [0.05, 0.1) is 17.8 Å². The van der Waals surface area contributed by atoms with E-state index in [4.69, 9.17) is 0 Å². The monoisotopic (exact) mass is 372 g/mol. The number of aliphatic hydroxyl groups is 2. The largest absolute Gasteiger partial charge is 0.478 e. The molecule has 0 saturated carbocycles. The molecule has 0 aliphatic heterocycles. The molecule has 0 aromatic rings. The average molecular weight is 373 g/mol. The number of carboxylic acid groups (broad SMARTS) is 1. The lowest BCUT2D eigenvalue weighted by atomic mass is 9.64. The molecule has 27 heavy (non-hydrogen) atoms. The number of carboxylic acids is 1. The van der Waals surface area contributed by atoms with Gasteiger partial charge < -0.3 is 15.3 Å². The first-order chi connectivity index (χ1) is 13.0. The Hall–Kier alpha value is -1.39. The third kappa shape index (κ3) is 3.42. The van der Waals surface area contributed by atoms with Crippen LogP contribution in [0, 0.1) is 17.8 Å². The Morgan fingerprint density at radius 1 is 1.00 bits per heavy atom. The van der Waals surface area contributed by atoms with Gasteiger partial charge in [-0.15, -0.1) is 0 Å². The summed E-state index contributed by atoms with van der Waals surface area (Å²) in [5.74, 6) is -0.883. The molecule has 0 spiro atoms. The van der Waals surface area contributed by atoms with E-state index >= 15 is 0 Å². The molecule has 4 heteroatoms. The number of allylic oxidation sites excluding steroid dienone is 3. The Labute approximate surface area is 161 Å². The van der Waals surface area contributed by atoms with Crippen LogP contribution in [-0.2, 0) is 4.79 Å². The summed E-state index contributed by atoms with van der Waals surface area (Å²) in [7, 11) is 0. The zero-order valence-electron chi connectivity index (χ0n) is 16.3. The van der Waals surface area contributed by atoms with Gasteiger partial charge in [-0.2, -0.15) is 0 Å². The van der Waals surface area contributed by atoms with Crippen LogP contribution in [0.2, 0.25) is 0 Å². The van der Waals surface area contributed by atoms with Crippen LogP contribution in [0.5, 0.6) is 0 Å². The first-order valence-corrected chi connectivity index (χ1v) is 10.7. The zero-order valence-corrected chi connectivity index (χ0v) is 16.3.